The molecule has 1 amide bonds. The van der Waals surface area contributed by atoms with Crippen LogP contribution in [0.3, 0.4) is 0 Å². The van der Waals surface area contributed by atoms with E-state index in [1.165, 1.54) is 4.90 Å². The highest BCUT2D eigenvalue weighted by Crippen LogP contribution is 2.27. The van der Waals surface area contributed by atoms with Crippen LogP contribution in [0, 0.1) is 0 Å². The molecule has 0 aliphatic rings. The second-order valence-electron chi connectivity index (χ2n) is 4.29. The van der Waals surface area contributed by atoms with Crippen molar-refractivity contribution >= 4 is 17.8 Å². The van der Waals surface area contributed by atoms with Gasteiger partial charge in [0.25, 0.3) is 0 Å². The van der Waals surface area contributed by atoms with Gasteiger partial charge in [0.05, 0.1) is 6.42 Å². The Hall–Kier alpha value is -1.67. The molecule has 0 aliphatic carbocycles. The number of aliphatic hydroxyl groups is 2. The van der Waals surface area contributed by atoms with Crippen LogP contribution in [0.2, 0.25) is 0 Å². The van der Waals surface area contributed by atoms with Crippen molar-refractivity contribution in [3.63, 3.8) is 0 Å². The molecule has 0 saturated heterocycles. The number of carboxylic acid groups (broad SMARTS) is 2. The van der Waals surface area contributed by atoms with Gasteiger partial charge in [0.1, 0.15) is 0 Å². The molecular weight excluding hydrogens is 258 g/mol. The maximum atomic E-state index is 11.8. The Morgan fingerprint density at radius 1 is 1.00 bits per heavy atom. The van der Waals surface area contributed by atoms with Gasteiger partial charge < -0.3 is 25.3 Å². The van der Waals surface area contributed by atoms with Crippen molar-refractivity contribution in [3.8, 4) is 0 Å². The Balaban J connectivity index is 5.41. The van der Waals surface area contributed by atoms with Crippen molar-refractivity contribution in [2.24, 2.45) is 0 Å². The Labute approximate surface area is 110 Å². The van der Waals surface area contributed by atoms with Crippen molar-refractivity contribution in [2.75, 3.05) is 13.1 Å². The maximum Gasteiger partial charge on any atom is 0.339 e. The molecule has 19 heavy (non-hydrogen) atoms. The Kier molecular flexibility index (Phi) is 5.46. The van der Waals surface area contributed by atoms with Crippen LogP contribution in [0.25, 0.3) is 0 Å². The number of carboxylic acids is 2. The van der Waals surface area contributed by atoms with E-state index in [2.05, 4.69) is 0 Å². The maximum absolute atomic E-state index is 11.8. The lowest BCUT2D eigenvalue weighted by atomic mass is 9.81. The monoisotopic (exact) mass is 277 g/mol. The highest BCUT2D eigenvalue weighted by Gasteiger charge is 2.58. The van der Waals surface area contributed by atoms with Crippen LogP contribution in [0.15, 0.2) is 0 Å². The number of aliphatic carboxylic acids is 2. The standard InChI is InChI=1S/C11H19NO7/c1-4-12(5-2)7(13)6-11(19,9(16)17)10(3,18)8(14)15/h18-19H,4-6H2,1-3H3,(H,14,15)(H,16,17). The number of amides is 1. The molecule has 0 fully saturated rings. The molecule has 4 N–H and O–H groups in total. The van der Waals surface area contributed by atoms with E-state index >= 15 is 0 Å². The molecule has 0 aliphatic heterocycles. The summed E-state index contributed by atoms with van der Waals surface area (Å²) in [6, 6.07) is 0. The minimum Gasteiger partial charge on any atom is -0.479 e. The summed E-state index contributed by atoms with van der Waals surface area (Å²) < 4.78 is 0. The van der Waals surface area contributed by atoms with E-state index in [9.17, 15) is 24.6 Å². The molecular formula is C11H19NO7. The Morgan fingerprint density at radius 2 is 1.42 bits per heavy atom. The van der Waals surface area contributed by atoms with Gasteiger partial charge in [-0.05, 0) is 20.8 Å². The van der Waals surface area contributed by atoms with Crippen LogP contribution in [0.5, 0.6) is 0 Å². The molecule has 2 unspecified atom stereocenters. The molecule has 0 bridgehead atoms. The molecule has 8 nitrogen and oxygen atoms in total. The van der Waals surface area contributed by atoms with Gasteiger partial charge in [0.15, 0.2) is 5.60 Å². The van der Waals surface area contributed by atoms with E-state index in [1.807, 2.05) is 0 Å². The van der Waals surface area contributed by atoms with Gasteiger partial charge in [-0.3, -0.25) is 4.79 Å². The molecule has 8 heteroatoms. The molecule has 0 spiro atoms. The molecule has 0 heterocycles. The number of hydrogen-bond acceptors (Lipinski definition) is 5. The van der Waals surface area contributed by atoms with Gasteiger partial charge in [-0.25, -0.2) is 9.59 Å². The van der Waals surface area contributed by atoms with Gasteiger partial charge in [-0.15, -0.1) is 0 Å². The summed E-state index contributed by atoms with van der Waals surface area (Å²) in [4.78, 5) is 34.9. The van der Waals surface area contributed by atoms with Gasteiger partial charge in [0, 0.05) is 13.1 Å². The summed E-state index contributed by atoms with van der Waals surface area (Å²) in [7, 11) is 0. The van der Waals surface area contributed by atoms with E-state index in [0.29, 0.717) is 6.92 Å². The number of hydrogen-bond donors (Lipinski definition) is 4. The van der Waals surface area contributed by atoms with Crippen LogP contribution in [-0.4, -0.2) is 67.5 Å². The van der Waals surface area contributed by atoms with E-state index in [4.69, 9.17) is 10.2 Å². The zero-order chi connectivity index (χ0) is 15.4. The van der Waals surface area contributed by atoms with Crippen molar-refractivity contribution in [2.45, 2.75) is 38.4 Å². The fourth-order valence-corrected chi connectivity index (χ4v) is 1.54. The van der Waals surface area contributed by atoms with E-state index in [1.54, 1.807) is 13.8 Å². The van der Waals surface area contributed by atoms with Crippen molar-refractivity contribution in [3.05, 3.63) is 0 Å². The average molecular weight is 277 g/mol. The molecule has 0 aromatic rings. The van der Waals surface area contributed by atoms with Gasteiger partial charge in [-0.1, -0.05) is 0 Å². The smallest absolute Gasteiger partial charge is 0.339 e. The summed E-state index contributed by atoms with van der Waals surface area (Å²) in [6.07, 6.45) is -1.02. The molecule has 2 atom stereocenters. The van der Waals surface area contributed by atoms with Crippen molar-refractivity contribution in [1.82, 2.24) is 4.90 Å². The highest BCUT2D eigenvalue weighted by molar-refractivity contribution is 5.94. The summed E-state index contributed by atoms with van der Waals surface area (Å²) in [6.45, 7) is 4.49. The number of nitrogens with zero attached hydrogens (tertiary/aromatic N) is 1. The molecule has 0 rings (SSSR count). The summed E-state index contributed by atoms with van der Waals surface area (Å²) in [5, 5.41) is 37.3. The fourth-order valence-electron chi connectivity index (χ4n) is 1.54. The average Bonchev–Trinajstić information content (AvgIpc) is 2.29. The highest BCUT2D eigenvalue weighted by atomic mass is 16.5. The van der Waals surface area contributed by atoms with E-state index in [0.717, 1.165) is 0 Å². The Bertz CT molecular complexity index is 375. The minimum atomic E-state index is -3.10. The number of carbonyl (C=O) groups is 3. The van der Waals surface area contributed by atoms with Crippen LogP contribution in [0.4, 0.5) is 0 Å². The van der Waals surface area contributed by atoms with Gasteiger partial charge in [-0.2, -0.15) is 0 Å². The van der Waals surface area contributed by atoms with Crippen molar-refractivity contribution < 1.29 is 34.8 Å². The topological polar surface area (TPSA) is 135 Å². The quantitative estimate of drug-likeness (QED) is 0.463. The third-order valence-corrected chi connectivity index (χ3v) is 3.10. The predicted molar refractivity (Wildman–Crippen MR) is 63.4 cm³/mol. The van der Waals surface area contributed by atoms with Crippen molar-refractivity contribution in [1.29, 1.82) is 0 Å². The minimum absolute atomic E-state index is 0.278. The largest absolute Gasteiger partial charge is 0.479 e. The Morgan fingerprint density at radius 3 is 1.68 bits per heavy atom. The van der Waals surface area contributed by atoms with Crippen LogP contribution in [-0.2, 0) is 14.4 Å². The van der Waals surface area contributed by atoms with Crippen LogP contribution in [0.1, 0.15) is 27.2 Å². The summed E-state index contributed by atoms with van der Waals surface area (Å²) in [5.74, 6) is -4.65. The fraction of sp³-hybridized carbons (Fsp3) is 0.727. The third-order valence-electron chi connectivity index (χ3n) is 3.10. The van der Waals surface area contributed by atoms with Gasteiger partial charge >= 0.3 is 11.9 Å². The lowest BCUT2D eigenvalue weighted by Crippen LogP contribution is -2.63. The molecule has 0 aromatic heterocycles. The summed E-state index contributed by atoms with van der Waals surface area (Å²) >= 11 is 0. The molecule has 110 valence electrons. The first-order valence-electron chi connectivity index (χ1n) is 5.73. The van der Waals surface area contributed by atoms with Crippen LogP contribution < -0.4 is 0 Å². The summed E-state index contributed by atoms with van der Waals surface area (Å²) in [5.41, 5.74) is -6.08. The normalized spacial score (nSPS) is 17.1. The lowest BCUT2D eigenvalue weighted by molar-refractivity contribution is -0.205. The molecule has 0 radical (unpaired) electrons. The van der Waals surface area contributed by atoms with Crippen LogP contribution >= 0.6 is 0 Å². The second-order valence-corrected chi connectivity index (χ2v) is 4.29. The first-order chi connectivity index (χ1) is 8.54. The first-order valence-corrected chi connectivity index (χ1v) is 5.73. The van der Waals surface area contributed by atoms with Gasteiger partial charge in [0.2, 0.25) is 11.5 Å². The zero-order valence-electron chi connectivity index (χ0n) is 11.1. The predicted octanol–water partition coefficient (Wildman–Crippen LogP) is -1.10. The number of carbonyl (C=O) groups excluding carboxylic acids is 1. The van der Waals surface area contributed by atoms with E-state index < -0.39 is 35.5 Å². The number of rotatable bonds is 7. The SMILES string of the molecule is CCN(CC)C(=O)CC(O)(C(=O)O)C(C)(O)C(=O)O. The van der Waals surface area contributed by atoms with E-state index in [-0.39, 0.29) is 13.1 Å². The first kappa shape index (κ1) is 17.3. The second kappa shape index (κ2) is 5.98. The zero-order valence-corrected chi connectivity index (χ0v) is 11.1. The lowest BCUT2D eigenvalue weighted by Gasteiger charge is -2.35. The molecule has 0 aromatic carbocycles. The third kappa shape index (κ3) is 3.21. The molecule has 0 saturated carbocycles.